The number of rotatable bonds is 5. The van der Waals surface area contributed by atoms with Crippen LogP contribution in [0.25, 0.3) is 0 Å². The fraction of sp³-hybridized carbons (Fsp3) is 0.350. The Morgan fingerprint density at radius 1 is 1.04 bits per heavy atom. The highest BCUT2D eigenvalue weighted by Crippen LogP contribution is 2.11. The van der Waals surface area contributed by atoms with Crippen LogP contribution >= 0.6 is 11.6 Å². The molecule has 2 aromatic carbocycles. The highest BCUT2D eigenvalue weighted by Gasteiger charge is 2.20. The van der Waals surface area contributed by atoms with E-state index in [0.717, 1.165) is 37.2 Å². The molecule has 0 saturated carbocycles. The zero-order valence-corrected chi connectivity index (χ0v) is 15.4. The first-order valence-corrected chi connectivity index (χ1v) is 9.22. The number of hydrogen-bond acceptors (Lipinski definition) is 2. The third-order valence-corrected chi connectivity index (χ3v) is 4.79. The van der Waals surface area contributed by atoms with E-state index < -0.39 is 0 Å². The smallest absolute Gasteiger partial charge is 0.317 e. The van der Waals surface area contributed by atoms with Gasteiger partial charge in [0.15, 0.2) is 0 Å². The number of urea groups is 1. The van der Waals surface area contributed by atoms with Crippen LogP contribution in [0.2, 0.25) is 5.02 Å². The predicted octanol–water partition coefficient (Wildman–Crippen LogP) is 3.55. The first-order chi connectivity index (χ1) is 12.6. The van der Waals surface area contributed by atoms with Crippen LogP contribution in [0.15, 0.2) is 48.5 Å². The van der Waals surface area contributed by atoms with Gasteiger partial charge in [0, 0.05) is 44.3 Å². The maximum Gasteiger partial charge on any atom is 0.317 e. The third kappa shape index (κ3) is 5.44. The molecular weight excluding hydrogens is 353 g/mol. The van der Waals surface area contributed by atoms with Crippen LogP contribution in [0.3, 0.4) is 0 Å². The maximum atomic E-state index is 13.0. The monoisotopic (exact) mass is 375 g/mol. The van der Waals surface area contributed by atoms with Crippen LogP contribution in [0.5, 0.6) is 0 Å². The van der Waals surface area contributed by atoms with E-state index in [1.165, 1.54) is 12.1 Å². The molecule has 0 aromatic heterocycles. The molecule has 2 aromatic rings. The fourth-order valence-corrected chi connectivity index (χ4v) is 3.29. The first-order valence-electron chi connectivity index (χ1n) is 8.84. The Bertz CT molecular complexity index is 730. The molecule has 0 unspecified atom stereocenters. The minimum atomic E-state index is -0.215. The number of amides is 2. The Hall–Kier alpha value is -2.11. The molecule has 138 valence electrons. The third-order valence-electron chi connectivity index (χ3n) is 4.56. The standard InChI is InChI=1S/C20H23ClFN3O/c21-18-3-1-2-16(14-18)8-9-23-20(26)25-12-10-24(11-13-25)15-17-4-6-19(22)7-5-17/h1-7,14H,8-13,15H2,(H,23,26). The molecule has 1 fully saturated rings. The molecule has 0 spiro atoms. The second kappa shape index (κ2) is 9.01. The molecule has 1 saturated heterocycles. The molecule has 1 heterocycles. The quantitative estimate of drug-likeness (QED) is 0.867. The number of carbonyl (C=O) groups is 1. The number of carbonyl (C=O) groups excluding carboxylic acids is 1. The Morgan fingerprint density at radius 2 is 1.77 bits per heavy atom. The van der Waals surface area contributed by atoms with Crippen molar-refractivity contribution in [2.45, 2.75) is 13.0 Å². The van der Waals surface area contributed by atoms with Crippen LogP contribution in [-0.2, 0) is 13.0 Å². The van der Waals surface area contributed by atoms with Crippen molar-refractivity contribution in [1.82, 2.24) is 15.1 Å². The van der Waals surface area contributed by atoms with Crippen LogP contribution in [-0.4, -0.2) is 48.6 Å². The summed E-state index contributed by atoms with van der Waals surface area (Å²) in [4.78, 5) is 16.4. The van der Waals surface area contributed by atoms with Gasteiger partial charge in [-0.25, -0.2) is 9.18 Å². The van der Waals surface area contributed by atoms with Gasteiger partial charge in [-0.3, -0.25) is 4.90 Å². The largest absolute Gasteiger partial charge is 0.338 e. The van der Waals surface area contributed by atoms with E-state index >= 15 is 0 Å². The second-order valence-corrected chi connectivity index (χ2v) is 6.94. The number of nitrogens with one attached hydrogen (secondary N) is 1. The molecule has 1 N–H and O–H groups in total. The summed E-state index contributed by atoms with van der Waals surface area (Å²) in [5.74, 6) is -0.215. The molecule has 1 aliphatic heterocycles. The lowest BCUT2D eigenvalue weighted by Crippen LogP contribution is -2.51. The lowest BCUT2D eigenvalue weighted by molar-refractivity contribution is 0.135. The van der Waals surface area contributed by atoms with Crippen LogP contribution in [0.1, 0.15) is 11.1 Å². The Kier molecular flexibility index (Phi) is 6.47. The van der Waals surface area contributed by atoms with Crippen LogP contribution in [0.4, 0.5) is 9.18 Å². The van der Waals surface area contributed by atoms with Crippen LogP contribution in [0, 0.1) is 5.82 Å². The van der Waals surface area contributed by atoms with Gasteiger partial charge in [-0.2, -0.15) is 0 Å². The number of nitrogens with zero attached hydrogens (tertiary/aromatic N) is 2. The molecule has 0 radical (unpaired) electrons. The Balaban J connectivity index is 1.38. The summed E-state index contributed by atoms with van der Waals surface area (Å²) in [6.45, 7) is 4.41. The maximum absolute atomic E-state index is 13.0. The SMILES string of the molecule is O=C(NCCc1cccc(Cl)c1)N1CCN(Cc2ccc(F)cc2)CC1. The molecule has 2 amide bonds. The van der Waals surface area contributed by atoms with E-state index in [9.17, 15) is 9.18 Å². The van der Waals surface area contributed by atoms with Gasteiger partial charge < -0.3 is 10.2 Å². The van der Waals surface area contributed by atoms with E-state index in [2.05, 4.69) is 10.2 Å². The zero-order valence-electron chi connectivity index (χ0n) is 14.6. The molecule has 0 atom stereocenters. The van der Waals surface area contributed by atoms with Gasteiger partial charge in [0.1, 0.15) is 5.82 Å². The zero-order chi connectivity index (χ0) is 18.4. The Labute approximate surface area is 158 Å². The summed E-state index contributed by atoms with van der Waals surface area (Å²) < 4.78 is 13.0. The normalized spacial score (nSPS) is 15.1. The van der Waals surface area contributed by atoms with Gasteiger partial charge in [0.05, 0.1) is 0 Å². The van der Waals surface area contributed by atoms with Gasteiger partial charge >= 0.3 is 6.03 Å². The van der Waals surface area contributed by atoms with E-state index in [0.29, 0.717) is 24.7 Å². The topological polar surface area (TPSA) is 35.6 Å². The number of benzene rings is 2. The highest BCUT2D eigenvalue weighted by atomic mass is 35.5. The number of piperazine rings is 1. The average Bonchev–Trinajstić information content (AvgIpc) is 2.64. The van der Waals surface area contributed by atoms with Crippen molar-refractivity contribution in [3.63, 3.8) is 0 Å². The lowest BCUT2D eigenvalue weighted by Gasteiger charge is -2.34. The predicted molar refractivity (Wildman–Crippen MR) is 102 cm³/mol. The van der Waals surface area contributed by atoms with Crippen molar-refractivity contribution in [3.05, 3.63) is 70.5 Å². The average molecular weight is 376 g/mol. The molecule has 3 rings (SSSR count). The van der Waals surface area contributed by atoms with Crippen molar-refractivity contribution in [2.24, 2.45) is 0 Å². The summed E-state index contributed by atoms with van der Waals surface area (Å²) >= 11 is 5.97. The first kappa shape index (κ1) is 18.7. The van der Waals surface area contributed by atoms with E-state index in [-0.39, 0.29) is 11.8 Å². The number of halogens is 2. The minimum Gasteiger partial charge on any atom is -0.338 e. The molecule has 26 heavy (non-hydrogen) atoms. The lowest BCUT2D eigenvalue weighted by atomic mass is 10.1. The van der Waals surface area contributed by atoms with Crippen LogP contribution < -0.4 is 5.32 Å². The van der Waals surface area contributed by atoms with Gasteiger partial charge in [-0.05, 0) is 41.8 Å². The molecule has 1 aliphatic rings. The van der Waals surface area contributed by atoms with Gasteiger partial charge in [-0.15, -0.1) is 0 Å². The van der Waals surface area contributed by atoms with E-state index in [4.69, 9.17) is 11.6 Å². The van der Waals surface area contributed by atoms with Crippen molar-refractivity contribution in [1.29, 1.82) is 0 Å². The Morgan fingerprint density at radius 3 is 2.46 bits per heavy atom. The summed E-state index contributed by atoms with van der Waals surface area (Å²) in [6, 6.07) is 14.3. The van der Waals surface area contributed by atoms with E-state index in [1.54, 1.807) is 0 Å². The summed E-state index contributed by atoms with van der Waals surface area (Å²) in [7, 11) is 0. The molecule has 4 nitrogen and oxygen atoms in total. The van der Waals surface area contributed by atoms with Gasteiger partial charge in [0.25, 0.3) is 0 Å². The fourth-order valence-electron chi connectivity index (χ4n) is 3.08. The highest BCUT2D eigenvalue weighted by molar-refractivity contribution is 6.30. The summed E-state index contributed by atoms with van der Waals surface area (Å²) in [5.41, 5.74) is 2.20. The molecule has 0 aliphatic carbocycles. The van der Waals surface area contributed by atoms with Crippen molar-refractivity contribution >= 4 is 17.6 Å². The second-order valence-electron chi connectivity index (χ2n) is 6.50. The summed E-state index contributed by atoms with van der Waals surface area (Å²) in [6.07, 6.45) is 0.761. The van der Waals surface area contributed by atoms with E-state index in [1.807, 2.05) is 41.3 Å². The van der Waals surface area contributed by atoms with Gasteiger partial charge in [-0.1, -0.05) is 35.9 Å². The molecule has 6 heteroatoms. The van der Waals surface area contributed by atoms with Crippen molar-refractivity contribution in [2.75, 3.05) is 32.7 Å². The van der Waals surface area contributed by atoms with Crippen molar-refractivity contribution in [3.8, 4) is 0 Å². The molecular formula is C20H23ClFN3O. The number of hydrogen-bond donors (Lipinski definition) is 1. The summed E-state index contributed by atoms with van der Waals surface area (Å²) in [5, 5.41) is 3.69. The van der Waals surface area contributed by atoms with Crippen molar-refractivity contribution < 1.29 is 9.18 Å². The minimum absolute atomic E-state index is 0.0199. The molecule has 0 bridgehead atoms. The van der Waals surface area contributed by atoms with Gasteiger partial charge in [0.2, 0.25) is 0 Å².